The van der Waals surface area contributed by atoms with Crippen LogP contribution in [0.25, 0.3) is 0 Å². The zero-order valence-corrected chi connectivity index (χ0v) is 15.8. The molecule has 2 amide bonds. The molecule has 2 aromatic rings. The lowest BCUT2D eigenvalue weighted by molar-refractivity contribution is -0.121. The zero-order chi connectivity index (χ0) is 19.4. The maximum atomic E-state index is 12.7. The summed E-state index contributed by atoms with van der Waals surface area (Å²) in [6.45, 7) is 2.45. The number of carbonyl (C=O) groups is 3. The highest BCUT2D eigenvalue weighted by Gasteiger charge is 2.29. The second-order valence-electron chi connectivity index (χ2n) is 6.69. The molecule has 1 atom stereocenters. The van der Waals surface area contributed by atoms with Gasteiger partial charge >= 0.3 is 0 Å². The topological polar surface area (TPSA) is 66.5 Å². The van der Waals surface area contributed by atoms with Crippen LogP contribution in [0, 0.1) is 5.92 Å². The Hall–Kier alpha value is -2.66. The van der Waals surface area contributed by atoms with Crippen molar-refractivity contribution in [2.75, 3.05) is 18.4 Å². The molecule has 1 unspecified atom stereocenters. The number of nitrogens with zero attached hydrogens (tertiary/aromatic N) is 1. The van der Waals surface area contributed by atoms with Crippen molar-refractivity contribution in [2.24, 2.45) is 5.92 Å². The Bertz CT molecular complexity index is 864. The SMILES string of the molecule is CC(=O)c1ccccc1NC(=O)C1CCCN(C(=O)c2ccc(Cl)cc2)C1. The summed E-state index contributed by atoms with van der Waals surface area (Å²) in [7, 11) is 0. The van der Waals surface area contributed by atoms with Gasteiger partial charge in [0.05, 0.1) is 11.6 Å². The van der Waals surface area contributed by atoms with Gasteiger partial charge in [-0.25, -0.2) is 0 Å². The Labute approximate surface area is 163 Å². The highest BCUT2D eigenvalue weighted by Crippen LogP contribution is 2.23. The summed E-state index contributed by atoms with van der Waals surface area (Å²) in [6, 6.07) is 13.7. The van der Waals surface area contributed by atoms with Crippen LogP contribution < -0.4 is 5.32 Å². The molecule has 6 heteroatoms. The fraction of sp³-hybridized carbons (Fsp3) is 0.286. The van der Waals surface area contributed by atoms with Crippen molar-refractivity contribution in [3.05, 3.63) is 64.7 Å². The van der Waals surface area contributed by atoms with Crippen LogP contribution in [0.3, 0.4) is 0 Å². The number of likely N-dealkylation sites (tertiary alicyclic amines) is 1. The standard InChI is InChI=1S/C21H21ClN2O3/c1-14(25)18-6-2-3-7-19(18)23-20(26)16-5-4-12-24(13-16)21(27)15-8-10-17(22)11-9-15/h2-3,6-11,16H,4-5,12-13H2,1H3,(H,23,26). The second kappa shape index (κ2) is 8.35. The first-order valence-corrected chi connectivity index (χ1v) is 9.29. The van der Waals surface area contributed by atoms with Crippen molar-refractivity contribution in [3.63, 3.8) is 0 Å². The molecule has 1 fully saturated rings. The number of para-hydroxylation sites is 1. The van der Waals surface area contributed by atoms with E-state index in [1.807, 2.05) is 0 Å². The van der Waals surface area contributed by atoms with Crippen LogP contribution in [-0.4, -0.2) is 35.6 Å². The summed E-state index contributed by atoms with van der Waals surface area (Å²) in [6.07, 6.45) is 1.46. The van der Waals surface area contributed by atoms with Gasteiger partial charge in [-0.3, -0.25) is 14.4 Å². The maximum absolute atomic E-state index is 12.7. The zero-order valence-electron chi connectivity index (χ0n) is 15.1. The van der Waals surface area contributed by atoms with E-state index in [1.165, 1.54) is 6.92 Å². The predicted molar refractivity (Wildman–Crippen MR) is 105 cm³/mol. The van der Waals surface area contributed by atoms with Crippen molar-refractivity contribution in [3.8, 4) is 0 Å². The summed E-state index contributed by atoms with van der Waals surface area (Å²) in [4.78, 5) is 38.8. The Morgan fingerprint density at radius 2 is 1.78 bits per heavy atom. The fourth-order valence-electron chi connectivity index (χ4n) is 3.28. The molecule has 1 aliphatic rings. The van der Waals surface area contributed by atoms with Gasteiger partial charge in [-0.15, -0.1) is 0 Å². The molecular weight excluding hydrogens is 364 g/mol. The molecule has 0 aliphatic carbocycles. The van der Waals surface area contributed by atoms with Gasteiger partial charge < -0.3 is 10.2 Å². The number of hydrogen-bond donors (Lipinski definition) is 1. The number of amides is 2. The molecule has 0 spiro atoms. The van der Waals surface area contributed by atoms with E-state index >= 15 is 0 Å². The summed E-state index contributed by atoms with van der Waals surface area (Å²) in [5.41, 5.74) is 1.55. The van der Waals surface area contributed by atoms with E-state index in [2.05, 4.69) is 5.32 Å². The third-order valence-electron chi connectivity index (χ3n) is 4.73. The van der Waals surface area contributed by atoms with Crippen molar-refractivity contribution in [1.82, 2.24) is 4.90 Å². The van der Waals surface area contributed by atoms with E-state index in [4.69, 9.17) is 11.6 Å². The van der Waals surface area contributed by atoms with E-state index in [0.29, 0.717) is 41.3 Å². The molecular formula is C21H21ClN2O3. The lowest BCUT2D eigenvalue weighted by Gasteiger charge is -2.32. The van der Waals surface area contributed by atoms with E-state index in [-0.39, 0.29) is 23.5 Å². The Morgan fingerprint density at radius 3 is 2.48 bits per heavy atom. The Morgan fingerprint density at radius 1 is 1.07 bits per heavy atom. The van der Waals surface area contributed by atoms with Crippen LogP contribution in [0.15, 0.2) is 48.5 Å². The van der Waals surface area contributed by atoms with Crippen LogP contribution in [0.1, 0.15) is 40.5 Å². The van der Waals surface area contributed by atoms with Crippen LogP contribution in [0.2, 0.25) is 5.02 Å². The Balaban J connectivity index is 1.69. The lowest BCUT2D eigenvalue weighted by atomic mass is 9.96. The number of Topliss-reactive ketones (excluding diaryl/α,β-unsaturated/α-hetero) is 1. The normalized spacial score (nSPS) is 16.7. The van der Waals surface area contributed by atoms with Gasteiger partial charge in [0.1, 0.15) is 0 Å². The van der Waals surface area contributed by atoms with Crippen molar-refractivity contribution >= 4 is 34.9 Å². The van der Waals surface area contributed by atoms with E-state index < -0.39 is 0 Å². The van der Waals surface area contributed by atoms with E-state index in [9.17, 15) is 14.4 Å². The minimum atomic E-state index is -0.310. The smallest absolute Gasteiger partial charge is 0.253 e. The van der Waals surface area contributed by atoms with Gasteiger partial charge in [0.2, 0.25) is 5.91 Å². The summed E-state index contributed by atoms with van der Waals surface area (Å²) >= 11 is 5.88. The molecule has 2 aromatic carbocycles. The lowest BCUT2D eigenvalue weighted by Crippen LogP contribution is -2.43. The van der Waals surface area contributed by atoms with Gasteiger partial charge in [0.15, 0.2) is 5.78 Å². The summed E-state index contributed by atoms with van der Waals surface area (Å²) in [5, 5.41) is 3.43. The summed E-state index contributed by atoms with van der Waals surface area (Å²) < 4.78 is 0. The van der Waals surface area contributed by atoms with E-state index in [0.717, 1.165) is 6.42 Å². The quantitative estimate of drug-likeness (QED) is 0.809. The molecule has 1 saturated heterocycles. The van der Waals surface area contributed by atoms with Crippen molar-refractivity contribution in [1.29, 1.82) is 0 Å². The van der Waals surface area contributed by atoms with Crippen LogP contribution in [0.5, 0.6) is 0 Å². The summed E-state index contributed by atoms with van der Waals surface area (Å²) in [5.74, 6) is -0.685. The molecule has 3 rings (SSSR count). The molecule has 0 radical (unpaired) electrons. The number of nitrogens with one attached hydrogen (secondary N) is 1. The molecule has 1 aliphatic heterocycles. The van der Waals surface area contributed by atoms with Gasteiger partial charge in [0, 0.05) is 29.2 Å². The molecule has 140 valence electrons. The van der Waals surface area contributed by atoms with Gasteiger partial charge in [-0.1, -0.05) is 23.7 Å². The highest BCUT2D eigenvalue weighted by atomic mass is 35.5. The Kier molecular flexibility index (Phi) is 5.91. The molecule has 1 N–H and O–H groups in total. The third-order valence-corrected chi connectivity index (χ3v) is 4.99. The fourth-order valence-corrected chi connectivity index (χ4v) is 3.41. The van der Waals surface area contributed by atoms with Crippen LogP contribution in [0.4, 0.5) is 5.69 Å². The number of piperidine rings is 1. The minimum absolute atomic E-state index is 0.103. The number of benzene rings is 2. The molecule has 1 heterocycles. The van der Waals surface area contributed by atoms with Gasteiger partial charge in [0.25, 0.3) is 5.91 Å². The largest absolute Gasteiger partial charge is 0.338 e. The molecule has 0 bridgehead atoms. The molecule has 27 heavy (non-hydrogen) atoms. The van der Waals surface area contributed by atoms with Crippen LogP contribution in [-0.2, 0) is 4.79 Å². The minimum Gasteiger partial charge on any atom is -0.338 e. The molecule has 0 saturated carbocycles. The number of rotatable bonds is 4. The average molecular weight is 385 g/mol. The molecule has 5 nitrogen and oxygen atoms in total. The average Bonchev–Trinajstić information content (AvgIpc) is 2.68. The highest BCUT2D eigenvalue weighted by molar-refractivity contribution is 6.30. The van der Waals surface area contributed by atoms with Crippen LogP contribution >= 0.6 is 11.6 Å². The number of ketones is 1. The maximum Gasteiger partial charge on any atom is 0.253 e. The molecule has 0 aromatic heterocycles. The number of carbonyl (C=O) groups excluding carboxylic acids is 3. The van der Waals surface area contributed by atoms with Crippen molar-refractivity contribution in [2.45, 2.75) is 19.8 Å². The number of anilines is 1. The van der Waals surface area contributed by atoms with E-state index in [1.54, 1.807) is 53.4 Å². The van der Waals surface area contributed by atoms with Gasteiger partial charge in [-0.2, -0.15) is 0 Å². The first-order chi connectivity index (χ1) is 13.0. The monoisotopic (exact) mass is 384 g/mol. The number of hydrogen-bond acceptors (Lipinski definition) is 3. The van der Waals surface area contributed by atoms with Crippen molar-refractivity contribution < 1.29 is 14.4 Å². The first-order valence-electron chi connectivity index (χ1n) is 8.91. The van der Waals surface area contributed by atoms with Gasteiger partial charge in [-0.05, 0) is 56.2 Å². The number of halogens is 1. The second-order valence-corrected chi connectivity index (χ2v) is 7.12. The predicted octanol–water partition coefficient (Wildman–Crippen LogP) is 4.03. The third kappa shape index (κ3) is 4.55. The first kappa shape index (κ1) is 19.1.